The molecule has 0 aliphatic heterocycles. The summed E-state index contributed by atoms with van der Waals surface area (Å²) in [7, 11) is 0. The highest BCUT2D eigenvalue weighted by Gasteiger charge is 2.18. The molecule has 2 rings (SSSR count). The Hall–Kier alpha value is -0.760. The summed E-state index contributed by atoms with van der Waals surface area (Å²) in [6, 6.07) is 3.69. The van der Waals surface area contributed by atoms with Crippen LogP contribution >= 0.6 is 11.6 Å². The van der Waals surface area contributed by atoms with E-state index in [9.17, 15) is 0 Å². The standard InChI is InChI=1S/C10H12ClNO/c11-10-9(5-2-6-12-10)13-7-8-3-1-4-8/h2,5-6,8H,1,3-4,7H2. The van der Waals surface area contributed by atoms with Crippen LogP contribution in [0.1, 0.15) is 19.3 Å². The van der Waals surface area contributed by atoms with Crippen LogP contribution in [0.5, 0.6) is 5.75 Å². The van der Waals surface area contributed by atoms with E-state index in [1.54, 1.807) is 6.20 Å². The maximum atomic E-state index is 5.83. The predicted octanol–water partition coefficient (Wildman–Crippen LogP) is 2.91. The second kappa shape index (κ2) is 3.97. The van der Waals surface area contributed by atoms with Gasteiger partial charge in [0.1, 0.15) is 0 Å². The van der Waals surface area contributed by atoms with Crippen molar-refractivity contribution in [2.75, 3.05) is 6.61 Å². The number of ether oxygens (including phenoxy) is 1. The summed E-state index contributed by atoms with van der Waals surface area (Å²) in [5, 5.41) is 0.460. The molecule has 0 spiro atoms. The molecule has 0 aromatic carbocycles. The molecule has 2 nitrogen and oxygen atoms in total. The number of hydrogen-bond donors (Lipinski definition) is 0. The van der Waals surface area contributed by atoms with Gasteiger partial charge in [0.05, 0.1) is 6.61 Å². The average molecular weight is 198 g/mol. The Labute approximate surface area is 82.9 Å². The van der Waals surface area contributed by atoms with Crippen molar-refractivity contribution in [1.82, 2.24) is 4.98 Å². The lowest BCUT2D eigenvalue weighted by molar-refractivity contribution is 0.180. The van der Waals surface area contributed by atoms with E-state index in [0.29, 0.717) is 10.9 Å². The van der Waals surface area contributed by atoms with Crippen LogP contribution in [0.4, 0.5) is 0 Å². The second-order valence-electron chi connectivity index (χ2n) is 3.40. The Morgan fingerprint density at radius 1 is 1.54 bits per heavy atom. The molecule has 1 aliphatic carbocycles. The molecule has 1 fully saturated rings. The van der Waals surface area contributed by atoms with Gasteiger partial charge in [-0.15, -0.1) is 0 Å². The van der Waals surface area contributed by atoms with Crippen molar-refractivity contribution < 1.29 is 4.74 Å². The van der Waals surface area contributed by atoms with Crippen LogP contribution in [0.3, 0.4) is 0 Å². The third kappa shape index (κ3) is 2.13. The van der Waals surface area contributed by atoms with Crippen molar-refractivity contribution in [2.24, 2.45) is 5.92 Å². The van der Waals surface area contributed by atoms with Gasteiger partial charge in [0, 0.05) is 6.20 Å². The molecule has 0 N–H and O–H groups in total. The minimum atomic E-state index is 0.460. The van der Waals surface area contributed by atoms with Crippen LogP contribution in [0, 0.1) is 5.92 Å². The number of aromatic nitrogens is 1. The molecule has 70 valence electrons. The van der Waals surface area contributed by atoms with Gasteiger partial charge in [-0.05, 0) is 30.9 Å². The summed E-state index contributed by atoms with van der Waals surface area (Å²) < 4.78 is 5.55. The summed E-state index contributed by atoms with van der Waals surface area (Å²) in [6.45, 7) is 0.783. The van der Waals surface area contributed by atoms with Crippen molar-refractivity contribution >= 4 is 11.6 Å². The van der Waals surface area contributed by atoms with E-state index in [-0.39, 0.29) is 0 Å². The van der Waals surface area contributed by atoms with Gasteiger partial charge in [-0.1, -0.05) is 18.0 Å². The highest BCUT2D eigenvalue weighted by molar-refractivity contribution is 6.30. The van der Waals surface area contributed by atoms with Gasteiger partial charge in [-0.2, -0.15) is 0 Å². The van der Waals surface area contributed by atoms with Crippen LogP contribution in [0.15, 0.2) is 18.3 Å². The van der Waals surface area contributed by atoms with E-state index in [4.69, 9.17) is 16.3 Å². The van der Waals surface area contributed by atoms with Crippen LogP contribution in [0.2, 0.25) is 5.15 Å². The fraction of sp³-hybridized carbons (Fsp3) is 0.500. The number of rotatable bonds is 3. The minimum Gasteiger partial charge on any atom is -0.490 e. The fourth-order valence-corrected chi connectivity index (χ4v) is 1.52. The number of halogens is 1. The van der Waals surface area contributed by atoms with E-state index in [0.717, 1.165) is 12.5 Å². The first-order valence-corrected chi connectivity index (χ1v) is 4.97. The maximum absolute atomic E-state index is 5.83. The first kappa shape index (κ1) is 8.82. The first-order chi connectivity index (χ1) is 6.36. The van der Waals surface area contributed by atoms with E-state index < -0.39 is 0 Å². The van der Waals surface area contributed by atoms with Gasteiger partial charge in [0.15, 0.2) is 10.9 Å². The second-order valence-corrected chi connectivity index (χ2v) is 3.76. The van der Waals surface area contributed by atoms with Crippen LogP contribution < -0.4 is 4.74 Å². The highest BCUT2D eigenvalue weighted by Crippen LogP contribution is 2.28. The van der Waals surface area contributed by atoms with Crippen molar-refractivity contribution in [1.29, 1.82) is 0 Å². The Balaban J connectivity index is 1.89. The number of pyridine rings is 1. The Morgan fingerprint density at radius 2 is 2.38 bits per heavy atom. The molecule has 1 aromatic heterocycles. The van der Waals surface area contributed by atoms with Gasteiger partial charge in [0.2, 0.25) is 0 Å². The molecule has 1 aliphatic rings. The summed E-state index contributed by atoms with van der Waals surface area (Å²) in [4.78, 5) is 3.94. The lowest BCUT2D eigenvalue weighted by Gasteiger charge is -2.25. The normalized spacial score (nSPS) is 16.7. The third-order valence-corrected chi connectivity index (χ3v) is 2.71. The molecular formula is C10H12ClNO. The van der Waals surface area contributed by atoms with Crippen molar-refractivity contribution in [3.63, 3.8) is 0 Å². The van der Waals surface area contributed by atoms with Gasteiger partial charge in [-0.25, -0.2) is 4.98 Å². The van der Waals surface area contributed by atoms with Gasteiger partial charge in [-0.3, -0.25) is 0 Å². The molecule has 0 amide bonds. The van der Waals surface area contributed by atoms with Gasteiger partial charge >= 0.3 is 0 Å². The summed E-state index contributed by atoms with van der Waals surface area (Å²) in [5.74, 6) is 1.44. The van der Waals surface area contributed by atoms with Crippen LogP contribution in [-0.2, 0) is 0 Å². The van der Waals surface area contributed by atoms with Crippen LogP contribution in [0.25, 0.3) is 0 Å². The lowest BCUT2D eigenvalue weighted by atomic mass is 9.86. The Morgan fingerprint density at radius 3 is 3.00 bits per heavy atom. The molecule has 0 radical (unpaired) electrons. The monoisotopic (exact) mass is 197 g/mol. The lowest BCUT2D eigenvalue weighted by Crippen LogP contribution is -2.19. The molecule has 13 heavy (non-hydrogen) atoms. The zero-order valence-electron chi connectivity index (χ0n) is 7.37. The molecule has 1 aromatic rings. The third-order valence-electron chi connectivity index (χ3n) is 2.42. The molecule has 0 bridgehead atoms. The number of hydrogen-bond acceptors (Lipinski definition) is 2. The maximum Gasteiger partial charge on any atom is 0.171 e. The van der Waals surface area contributed by atoms with Crippen molar-refractivity contribution in [2.45, 2.75) is 19.3 Å². The molecule has 0 atom stereocenters. The quantitative estimate of drug-likeness (QED) is 0.696. The first-order valence-electron chi connectivity index (χ1n) is 4.59. The van der Waals surface area contributed by atoms with Gasteiger partial charge < -0.3 is 4.74 Å². The summed E-state index contributed by atoms with van der Waals surface area (Å²) in [6.07, 6.45) is 5.59. The van der Waals surface area contributed by atoms with E-state index in [2.05, 4.69) is 4.98 Å². The Kier molecular flexibility index (Phi) is 2.69. The SMILES string of the molecule is Clc1ncccc1OCC1CCC1. The topological polar surface area (TPSA) is 22.1 Å². The molecule has 0 saturated heterocycles. The molecule has 1 heterocycles. The van der Waals surface area contributed by atoms with E-state index in [1.807, 2.05) is 12.1 Å². The van der Waals surface area contributed by atoms with Crippen LogP contribution in [-0.4, -0.2) is 11.6 Å². The fourth-order valence-electron chi connectivity index (χ4n) is 1.35. The molecular weight excluding hydrogens is 186 g/mol. The minimum absolute atomic E-state index is 0.460. The Bertz CT molecular complexity index is 286. The smallest absolute Gasteiger partial charge is 0.171 e. The predicted molar refractivity (Wildman–Crippen MR) is 52.1 cm³/mol. The summed E-state index contributed by atoms with van der Waals surface area (Å²) in [5.41, 5.74) is 0. The zero-order valence-corrected chi connectivity index (χ0v) is 8.13. The van der Waals surface area contributed by atoms with Crippen molar-refractivity contribution in [3.05, 3.63) is 23.5 Å². The van der Waals surface area contributed by atoms with E-state index >= 15 is 0 Å². The van der Waals surface area contributed by atoms with Gasteiger partial charge in [0.25, 0.3) is 0 Å². The van der Waals surface area contributed by atoms with E-state index in [1.165, 1.54) is 19.3 Å². The zero-order chi connectivity index (χ0) is 9.10. The molecule has 0 unspecified atom stereocenters. The molecule has 3 heteroatoms. The molecule has 1 saturated carbocycles. The highest BCUT2D eigenvalue weighted by atomic mass is 35.5. The summed E-state index contributed by atoms with van der Waals surface area (Å²) >= 11 is 5.83. The number of nitrogens with zero attached hydrogens (tertiary/aromatic N) is 1. The average Bonchev–Trinajstić information content (AvgIpc) is 2.05. The van der Waals surface area contributed by atoms with Crippen molar-refractivity contribution in [3.8, 4) is 5.75 Å². The largest absolute Gasteiger partial charge is 0.490 e.